The summed E-state index contributed by atoms with van der Waals surface area (Å²) in [7, 11) is 0. The number of fused-ring (bicyclic) bond motifs is 1. The van der Waals surface area contributed by atoms with Crippen molar-refractivity contribution in [2.75, 3.05) is 18.5 Å². The fourth-order valence-corrected chi connectivity index (χ4v) is 2.63. The molecule has 0 aliphatic carbocycles. The van der Waals surface area contributed by atoms with Crippen molar-refractivity contribution in [3.63, 3.8) is 0 Å². The van der Waals surface area contributed by atoms with Crippen LogP contribution in [0, 0.1) is 15.9 Å². The highest BCUT2D eigenvalue weighted by atomic mass is 35.5. The topological polar surface area (TPSA) is 73.6 Å². The zero-order valence-corrected chi connectivity index (χ0v) is 13.3. The van der Waals surface area contributed by atoms with Crippen molar-refractivity contribution in [3.8, 4) is 11.5 Å². The molecule has 126 valence electrons. The zero-order valence-electron chi connectivity index (χ0n) is 12.6. The van der Waals surface area contributed by atoms with Gasteiger partial charge in [-0.2, -0.15) is 0 Å². The molecule has 2 aromatic rings. The highest BCUT2D eigenvalue weighted by Gasteiger charge is 2.16. The molecule has 6 nitrogen and oxygen atoms in total. The Labute approximate surface area is 142 Å². The first-order valence-electron chi connectivity index (χ1n) is 7.30. The normalized spacial score (nSPS) is 13.2. The molecule has 1 aliphatic heterocycles. The van der Waals surface area contributed by atoms with Gasteiger partial charge >= 0.3 is 0 Å². The summed E-state index contributed by atoms with van der Waals surface area (Å²) in [5.41, 5.74) is 0.655. The van der Waals surface area contributed by atoms with E-state index in [4.69, 9.17) is 21.1 Å². The highest BCUT2D eigenvalue weighted by molar-refractivity contribution is 6.32. The zero-order chi connectivity index (χ0) is 17.1. The van der Waals surface area contributed by atoms with Crippen LogP contribution in [0.2, 0.25) is 5.02 Å². The number of nitrogens with one attached hydrogen (secondary N) is 1. The van der Waals surface area contributed by atoms with Gasteiger partial charge in [0.15, 0.2) is 17.3 Å². The van der Waals surface area contributed by atoms with Crippen LogP contribution in [0.15, 0.2) is 30.3 Å². The standard InChI is InChI=1S/C16H14ClFN2O4/c17-12-6-10(7-15-16(12)24-5-1-4-23-15)9-19-14-3-2-11(20(21)22)8-13(14)18/h2-3,6-8,19H,1,4-5,9H2. The summed E-state index contributed by atoms with van der Waals surface area (Å²) in [5, 5.41) is 13.9. The molecule has 8 heteroatoms. The van der Waals surface area contributed by atoms with Gasteiger partial charge in [0.2, 0.25) is 0 Å². The number of halogens is 2. The summed E-state index contributed by atoms with van der Waals surface area (Å²) in [5.74, 6) is 0.380. The number of benzene rings is 2. The largest absolute Gasteiger partial charge is 0.489 e. The molecular weight excluding hydrogens is 339 g/mol. The van der Waals surface area contributed by atoms with E-state index in [0.717, 1.165) is 18.1 Å². The van der Waals surface area contributed by atoms with E-state index in [1.165, 1.54) is 12.1 Å². The first-order chi connectivity index (χ1) is 11.5. The molecule has 0 radical (unpaired) electrons. The van der Waals surface area contributed by atoms with Crippen molar-refractivity contribution < 1.29 is 18.8 Å². The summed E-state index contributed by atoms with van der Waals surface area (Å²) in [6.45, 7) is 1.36. The SMILES string of the molecule is O=[N+]([O-])c1ccc(NCc2cc(Cl)c3c(c2)OCCCO3)c(F)c1. The molecule has 0 saturated heterocycles. The molecule has 0 unspecified atom stereocenters. The molecule has 0 atom stereocenters. The van der Waals surface area contributed by atoms with E-state index in [9.17, 15) is 14.5 Å². The van der Waals surface area contributed by atoms with Crippen LogP contribution in [0.3, 0.4) is 0 Å². The predicted octanol–water partition coefficient (Wildman–Crippen LogP) is 4.16. The minimum Gasteiger partial charge on any atom is -0.489 e. The summed E-state index contributed by atoms with van der Waals surface area (Å²) in [6.07, 6.45) is 0.770. The molecule has 0 aromatic heterocycles. The Kier molecular flexibility index (Phi) is 4.71. The highest BCUT2D eigenvalue weighted by Crippen LogP contribution is 2.38. The van der Waals surface area contributed by atoms with Crippen LogP contribution < -0.4 is 14.8 Å². The minimum absolute atomic E-state index is 0.170. The number of anilines is 1. The van der Waals surface area contributed by atoms with Crippen LogP contribution in [0.25, 0.3) is 0 Å². The van der Waals surface area contributed by atoms with E-state index in [1.54, 1.807) is 12.1 Å². The van der Waals surface area contributed by atoms with Crippen LogP contribution >= 0.6 is 11.6 Å². The molecule has 1 N–H and O–H groups in total. The second-order valence-electron chi connectivity index (χ2n) is 5.23. The molecule has 1 heterocycles. The smallest absolute Gasteiger partial charge is 0.272 e. The first kappa shape index (κ1) is 16.3. The third kappa shape index (κ3) is 3.51. The average Bonchev–Trinajstić information content (AvgIpc) is 2.79. The molecule has 0 spiro atoms. The van der Waals surface area contributed by atoms with Gasteiger partial charge in [0.05, 0.1) is 34.9 Å². The van der Waals surface area contributed by atoms with E-state index in [2.05, 4.69) is 5.32 Å². The monoisotopic (exact) mass is 352 g/mol. The summed E-state index contributed by atoms with van der Waals surface area (Å²) in [6, 6.07) is 6.95. The van der Waals surface area contributed by atoms with E-state index in [-0.39, 0.29) is 17.9 Å². The second kappa shape index (κ2) is 6.92. The lowest BCUT2D eigenvalue weighted by Crippen LogP contribution is -2.03. The number of non-ortho nitro benzene ring substituents is 1. The lowest BCUT2D eigenvalue weighted by molar-refractivity contribution is -0.385. The van der Waals surface area contributed by atoms with Crippen LogP contribution in [0.5, 0.6) is 11.5 Å². The molecule has 1 aliphatic rings. The molecule has 0 fully saturated rings. The van der Waals surface area contributed by atoms with Gasteiger partial charge in [-0.3, -0.25) is 10.1 Å². The molecule has 0 saturated carbocycles. The molecule has 3 rings (SSSR count). The summed E-state index contributed by atoms with van der Waals surface area (Å²) >= 11 is 6.21. The van der Waals surface area contributed by atoms with Crippen molar-refractivity contribution >= 4 is 23.0 Å². The summed E-state index contributed by atoms with van der Waals surface area (Å²) < 4.78 is 25.0. The lowest BCUT2D eigenvalue weighted by Gasteiger charge is -2.13. The number of ether oxygens (including phenoxy) is 2. The molecule has 0 amide bonds. The van der Waals surface area contributed by atoms with E-state index >= 15 is 0 Å². The Bertz CT molecular complexity index is 785. The minimum atomic E-state index is -0.690. The Morgan fingerprint density at radius 3 is 2.79 bits per heavy atom. The van der Waals surface area contributed by atoms with Crippen LogP contribution in [-0.4, -0.2) is 18.1 Å². The molecule has 24 heavy (non-hydrogen) atoms. The van der Waals surface area contributed by atoms with E-state index in [0.29, 0.717) is 29.7 Å². The first-order valence-corrected chi connectivity index (χ1v) is 7.68. The molecular formula is C16H14ClFN2O4. The number of nitro benzene ring substituents is 1. The van der Waals surface area contributed by atoms with Crippen LogP contribution in [-0.2, 0) is 6.54 Å². The maximum absolute atomic E-state index is 13.9. The van der Waals surface area contributed by atoms with Gasteiger partial charge in [0.1, 0.15) is 0 Å². The van der Waals surface area contributed by atoms with E-state index < -0.39 is 10.7 Å². The van der Waals surface area contributed by atoms with Gasteiger partial charge < -0.3 is 14.8 Å². The number of nitro groups is 1. The van der Waals surface area contributed by atoms with Crippen LogP contribution in [0.1, 0.15) is 12.0 Å². The fourth-order valence-electron chi connectivity index (χ4n) is 2.34. The predicted molar refractivity (Wildman–Crippen MR) is 87.4 cm³/mol. The molecule has 2 aromatic carbocycles. The van der Waals surface area contributed by atoms with Crippen LogP contribution in [0.4, 0.5) is 15.8 Å². The van der Waals surface area contributed by atoms with Crippen molar-refractivity contribution in [1.29, 1.82) is 0 Å². The van der Waals surface area contributed by atoms with Gasteiger partial charge in [-0.15, -0.1) is 0 Å². The maximum atomic E-state index is 13.9. The number of hydrogen-bond acceptors (Lipinski definition) is 5. The lowest BCUT2D eigenvalue weighted by atomic mass is 10.2. The van der Waals surface area contributed by atoms with Crippen molar-refractivity contribution in [2.45, 2.75) is 13.0 Å². The van der Waals surface area contributed by atoms with Crippen molar-refractivity contribution in [2.24, 2.45) is 0 Å². The number of rotatable bonds is 4. The van der Waals surface area contributed by atoms with Gasteiger partial charge in [0.25, 0.3) is 5.69 Å². The Balaban J connectivity index is 1.76. The number of hydrogen-bond donors (Lipinski definition) is 1. The maximum Gasteiger partial charge on any atom is 0.272 e. The third-order valence-electron chi connectivity index (χ3n) is 3.51. The van der Waals surface area contributed by atoms with Crippen molar-refractivity contribution in [3.05, 3.63) is 56.8 Å². The number of nitrogens with zero attached hydrogens (tertiary/aromatic N) is 1. The Morgan fingerprint density at radius 2 is 2.04 bits per heavy atom. The van der Waals surface area contributed by atoms with Gasteiger partial charge in [-0.05, 0) is 23.8 Å². The van der Waals surface area contributed by atoms with Gasteiger partial charge in [0, 0.05) is 19.0 Å². The Hall–Kier alpha value is -2.54. The summed E-state index contributed by atoms with van der Waals surface area (Å²) in [4.78, 5) is 9.98. The quantitative estimate of drug-likeness (QED) is 0.660. The van der Waals surface area contributed by atoms with Gasteiger partial charge in [-0.25, -0.2) is 4.39 Å². The van der Waals surface area contributed by atoms with Crippen molar-refractivity contribution in [1.82, 2.24) is 0 Å². The Morgan fingerprint density at radius 1 is 1.25 bits per heavy atom. The third-order valence-corrected chi connectivity index (χ3v) is 3.79. The van der Waals surface area contributed by atoms with Gasteiger partial charge in [-0.1, -0.05) is 11.6 Å². The second-order valence-corrected chi connectivity index (χ2v) is 5.64. The average molecular weight is 353 g/mol. The van der Waals surface area contributed by atoms with E-state index in [1.807, 2.05) is 0 Å². The fraction of sp³-hybridized carbons (Fsp3) is 0.250. The molecule has 0 bridgehead atoms.